The maximum absolute atomic E-state index is 6.00. The highest BCUT2D eigenvalue weighted by Gasteiger charge is 2.18. The zero-order valence-electron chi connectivity index (χ0n) is 8.77. The van der Waals surface area contributed by atoms with Gasteiger partial charge in [-0.2, -0.15) is 5.10 Å². The van der Waals surface area contributed by atoms with Crippen LogP contribution >= 0.6 is 11.6 Å². The fourth-order valence-electron chi connectivity index (χ4n) is 2.09. The molecule has 0 amide bonds. The number of aromatic nitrogens is 3. The van der Waals surface area contributed by atoms with Crippen LogP contribution in [0.4, 0.5) is 0 Å². The topological polar surface area (TPSA) is 39.9 Å². The number of hydrogen-bond acceptors (Lipinski definition) is 3. The molecule has 0 bridgehead atoms. The number of ether oxygens (including phenoxy) is 1. The summed E-state index contributed by atoms with van der Waals surface area (Å²) in [5.74, 6) is 0. The molecule has 1 atom stereocenters. The number of halogens is 1. The van der Waals surface area contributed by atoms with Crippen LogP contribution in [0.5, 0.6) is 0 Å². The molecule has 0 spiro atoms. The highest BCUT2D eigenvalue weighted by Crippen LogP contribution is 2.27. The van der Waals surface area contributed by atoms with E-state index in [2.05, 4.69) is 10.1 Å². The van der Waals surface area contributed by atoms with Crippen molar-refractivity contribution in [3.8, 4) is 0 Å². The second-order valence-corrected chi connectivity index (χ2v) is 4.30. The first-order valence-electron chi connectivity index (χ1n) is 5.45. The van der Waals surface area contributed by atoms with Crippen LogP contribution < -0.4 is 0 Å². The lowest BCUT2D eigenvalue weighted by atomic mass is 10.2. The molecule has 0 aliphatic carbocycles. The van der Waals surface area contributed by atoms with Gasteiger partial charge >= 0.3 is 0 Å². The third-order valence-corrected chi connectivity index (χ3v) is 3.21. The summed E-state index contributed by atoms with van der Waals surface area (Å²) in [6.07, 6.45) is 6.83. The Morgan fingerprint density at radius 1 is 1.44 bits per heavy atom. The lowest BCUT2D eigenvalue weighted by Crippen LogP contribution is -2.18. The van der Waals surface area contributed by atoms with E-state index in [0.29, 0.717) is 5.15 Å². The van der Waals surface area contributed by atoms with Crippen molar-refractivity contribution in [2.75, 3.05) is 6.61 Å². The summed E-state index contributed by atoms with van der Waals surface area (Å²) in [5, 5.41) is 5.73. The SMILES string of the molecule is Clc1nccc2c1cnn2[C@H]1CCCCO1. The zero-order valence-corrected chi connectivity index (χ0v) is 9.52. The van der Waals surface area contributed by atoms with Crippen molar-refractivity contribution in [1.29, 1.82) is 0 Å². The van der Waals surface area contributed by atoms with E-state index in [1.807, 2.05) is 10.7 Å². The Morgan fingerprint density at radius 3 is 3.19 bits per heavy atom. The Balaban J connectivity index is 2.06. The van der Waals surface area contributed by atoms with Gasteiger partial charge in [-0.25, -0.2) is 9.67 Å². The fourth-order valence-corrected chi connectivity index (χ4v) is 2.29. The first kappa shape index (κ1) is 10.1. The average molecular weight is 238 g/mol. The van der Waals surface area contributed by atoms with E-state index in [1.165, 1.54) is 6.42 Å². The van der Waals surface area contributed by atoms with E-state index in [-0.39, 0.29) is 6.23 Å². The van der Waals surface area contributed by atoms with E-state index in [4.69, 9.17) is 16.3 Å². The number of rotatable bonds is 1. The third kappa shape index (κ3) is 1.58. The van der Waals surface area contributed by atoms with Gasteiger partial charge < -0.3 is 4.74 Å². The maximum Gasteiger partial charge on any atom is 0.150 e. The molecule has 1 aliphatic rings. The normalized spacial score (nSPS) is 21.4. The molecule has 84 valence electrons. The summed E-state index contributed by atoms with van der Waals surface area (Å²) >= 11 is 6.00. The van der Waals surface area contributed by atoms with Gasteiger partial charge in [0.15, 0.2) is 6.23 Å². The van der Waals surface area contributed by atoms with Gasteiger partial charge in [-0.3, -0.25) is 0 Å². The minimum absolute atomic E-state index is 0.0460. The zero-order chi connectivity index (χ0) is 11.0. The molecule has 2 aromatic rings. The predicted octanol–water partition coefficient (Wildman–Crippen LogP) is 2.78. The lowest BCUT2D eigenvalue weighted by Gasteiger charge is -2.23. The van der Waals surface area contributed by atoms with E-state index >= 15 is 0 Å². The Labute approximate surface area is 98.2 Å². The van der Waals surface area contributed by atoms with Crippen LogP contribution in [0.15, 0.2) is 18.5 Å². The Kier molecular flexibility index (Phi) is 2.53. The maximum atomic E-state index is 6.00. The van der Waals surface area contributed by atoms with Gasteiger partial charge in [0, 0.05) is 12.8 Å². The molecule has 0 unspecified atom stereocenters. The highest BCUT2D eigenvalue weighted by molar-refractivity contribution is 6.34. The molecular formula is C11H12ClN3O. The molecule has 3 heterocycles. The molecule has 4 nitrogen and oxygen atoms in total. The van der Waals surface area contributed by atoms with Crippen molar-refractivity contribution in [2.45, 2.75) is 25.5 Å². The quantitative estimate of drug-likeness (QED) is 0.716. The number of fused-ring (bicyclic) bond motifs is 1. The van der Waals surface area contributed by atoms with Crippen molar-refractivity contribution >= 4 is 22.5 Å². The van der Waals surface area contributed by atoms with Gasteiger partial charge in [0.1, 0.15) is 5.15 Å². The second-order valence-electron chi connectivity index (χ2n) is 3.94. The van der Waals surface area contributed by atoms with Crippen LogP contribution in [0, 0.1) is 0 Å². The Hall–Kier alpha value is -1.13. The van der Waals surface area contributed by atoms with E-state index < -0.39 is 0 Å². The van der Waals surface area contributed by atoms with Gasteiger partial charge in [-0.1, -0.05) is 11.6 Å². The first-order valence-corrected chi connectivity index (χ1v) is 5.83. The van der Waals surface area contributed by atoms with Crippen LogP contribution in [0.3, 0.4) is 0 Å². The molecule has 2 aromatic heterocycles. The molecule has 1 fully saturated rings. The molecule has 0 radical (unpaired) electrons. The summed E-state index contributed by atoms with van der Waals surface area (Å²) in [4.78, 5) is 4.04. The Morgan fingerprint density at radius 2 is 2.38 bits per heavy atom. The van der Waals surface area contributed by atoms with Crippen molar-refractivity contribution < 1.29 is 4.74 Å². The van der Waals surface area contributed by atoms with Crippen LogP contribution in [-0.2, 0) is 4.74 Å². The van der Waals surface area contributed by atoms with Crippen molar-refractivity contribution in [3.05, 3.63) is 23.6 Å². The summed E-state index contributed by atoms with van der Waals surface area (Å²) in [7, 11) is 0. The number of pyridine rings is 1. The second kappa shape index (κ2) is 4.03. The highest BCUT2D eigenvalue weighted by atomic mass is 35.5. The molecule has 1 saturated heterocycles. The van der Waals surface area contributed by atoms with Crippen molar-refractivity contribution in [1.82, 2.24) is 14.8 Å². The molecule has 16 heavy (non-hydrogen) atoms. The molecular weight excluding hydrogens is 226 g/mol. The van der Waals surface area contributed by atoms with Gasteiger partial charge in [0.25, 0.3) is 0 Å². The van der Waals surface area contributed by atoms with E-state index in [0.717, 1.165) is 30.4 Å². The van der Waals surface area contributed by atoms with E-state index in [1.54, 1.807) is 12.4 Å². The smallest absolute Gasteiger partial charge is 0.150 e. The molecule has 3 rings (SSSR count). The summed E-state index contributed by atoms with van der Waals surface area (Å²) < 4.78 is 7.61. The minimum atomic E-state index is 0.0460. The van der Waals surface area contributed by atoms with E-state index in [9.17, 15) is 0 Å². The van der Waals surface area contributed by atoms with Gasteiger partial charge in [-0.05, 0) is 25.3 Å². The first-order chi connectivity index (χ1) is 7.86. The summed E-state index contributed by atoms with van der Waals surface area (Å²) in [5.41, 5.74) is 0.993. The number of nitrogens with zero attached hydrogens (tertiary/aromatic N) is 3. The molecule has 0 aromatic carbocycles. The van der Waals surface area contributed by atoms with Crippen molar-refractivity contribution in [3.63, 3.8) is 0 Å². The molecule has 1 aliphatic heterocycles. The number of hydrogen-bond donors (Lipinski definition) is 0. The van der Waals surface area contributed by atoms with Gasteiger partial charge in [-0.15, -0.1) is 0 Å². The average Bonchev–Trinajstić information content (AvgIpc) is 2.75. The predicted molar refractivity (Wildman–Crippen MR) is 61.4 cm³/mol. The minimum Gasteiger partial charge on any atom is -0.356 e. The summed E-state index contributed by atoms with van der Waals surface area (Å²) in [6.45, 7) is 0.810. The van der Waals surface area contributed by atoms with Crippen LogP contribution in [0.25, 0.3) is 10.9 Å². The standard InChI is InChI=1S/C11H12ClN3O/c12-11-8-7-14-15(9(8)4-5-13-11)10-3-1-2-6-16-10/h4-5,7,10H,1-3,6H2/t10-/m1/s1. The van der Waals surface area contributed by atoms with Gasteiger partial charge in [0.2, 0.25) is 0 Å². The van der Waals surface area contributed by atoms with Crippen LogP contribution in [0.2, 0.25) is 5.15 Å². The van der Waals surface area contributed by atoms with Crippen LogP contribution in [-0.4, -0.2) is 21.4 Å². The third-order valence-electron chi connectivity index (χ3n) is 2.90. The monoisotopic (exact) mass is 237 g/mol. The molecule has 0 N–H and O–H groups in total. The van der Waals surface area contributed by atoms with Crippen molar-refractivity contribution in [2.24, 2.45) is 0 Å². The largest absolute Gasteiger partial charge is 0.356 e. The Bertz CT molecular complexity index is 505. The van der Waals surface area contributed by atoms with Crippen LogP contribution in [0.1, 0.15) is 25.5 Å². The summed E-state index contributed by atoms with van der Waals surface area (Å²) in [6, 6.07) is 1.92. The fraction of sp³-hybridized carbons (Fsp3) is 0.455. The lowest BCUT2D eigenvalue weighted by molar-refractivity contribution is -0.0366. The van der Waals surface area contributed by atoms with Gasteiger partial charge in [0.05, 0.1) is 17.1 Å². The molecule has 0 saturated carbocycles. The molecule has 5 heteroatoms.